The van der Waals surface area contributed by atoms with Crippen molar-refractivity contribution < 1.29 is 17.9 Å². The molecule has 0 radical (unpaired) electrons. The summed E-state index contributed by atoms with van der Waals surface area (Å²) >= 11 is 0. The molecule has 2 N–H and O–H groups in total. The van der Waals surface area contributed by atoms with Gasteiger partial charge in [-0.2, -0.15) is 4.98 Å². The van der Waals surface area contributed by atoms with Gasteiger partial charge < -0.3 is 15.4 Å². The highest BCUT2D eigenvalue weighted by molar-refractivity contribution is 5.66. The number of nitrogens with one attached hydrogen (secondary N) is 2. The first-order chi connectivity index (χ1) is 14.4. The Kier molecular flexibility index (Phi) is 5.69. The lowest BCUT2D eigenvalue weighted by Crippen LogP contribution is -2.17. The number of nitrogens with zero attached hydrogens (tertiary/aromatic N) is 3. The van der Waals surface area contributed by atoms with Crippen molar-refractivity contribution in [1.82, 2.24) is 15.0 Å². The summed E-state index contributed by atoms with van der Waals surface area (Å²) in [4.78, 5) is 13.3. The van der Waals surface area contributed by atoms with Gasteiger partial charge in [-0.3, -0.25) is 4.98 Å². The van der Waals surface area contributed by atoms with Crippen LogP contribution in [-0.4, -0.2) is 33.9 Å². The van der Waals surface area contributed by atoms with Gasteiger partial charge in [-0.1, -0.05) is 18.2 Å². The molecule has 1 fully saturated rings. The fourth-order valence-corrected chi connectivity index (χ4v) is 2.88. The van der Waals surface area contributed by atoms with Crippen molar-refractivity contribution >= 4 is 11.8 Å². The summed E-state index contributed by atoms with van der Waals surface area (Å²) in [6.45, 7) is 0.605. The van der Waals surface area contributed by atoms with Gasteiger partial charge in [0.1, 0.15) is 11.6 Å². The molecule has 0 unspecified atom stereocenters. The van der Waals surface area contributed by atoms with Crippen LogP contribution in [0.25, 0.3) is 11.3 Å². The van der Waals surface area contributed by atoms with E-state index >= 15 is 0 Å². The summed E-state index contributed by atoms with van der Waals surface area (Å²) in [6, 6.07) is 13.5. The summed E-state index contributed by atoms with van der Waals surface area (Å²) in [6.07, 6.45) is -0.205. The Labute approximate surface area is 171 Å². The molecule has 0 spiro atoms. The number of halogens is 3. The van der Waals surface area contributed by atoms with Crippen LogP contribution in [0.3, 0.4) is 0 Å². The molecule has 1 aliphatic carbocycles. The summed E-state index contributed by atoms with van der Waals surface area (Å²) in [7, 11) is 0. The quantitative estimate of drug-likeness (QED) is 0.557. The maximum absolute atomic E-state index is 12.6. The van der Waals surface area contributed by atoms with E-state index < -0.39 is 6.36 Å². The molecule has 0 amide bonds. The molecular weight excluding hydrogens is 395 g/mol. The largest absolute Gasteiger partial charge is 0.573 e. The van der Waals surface area contributed by atoms with Gasteiger partial charge >= 0.3 is 6.36 Å². The molecular formula is C21H20F3N5O. The molecule has 6 nitrogen and oxygen atoms in total. The van der Waals surface area contributed by atoms with Gasteiger partial charge in [-0.15, -0.1) is 13.2 Å². The van der Waals surface area contributed by atoms with Crippen LogP contribution in [0.1, 0.15) is 18.5 Å². The highest BCUT2D eigenvalue weighted by Gasteiger charge is 2.31. The zero-order valence-electron chi connectivity index (χ0n) is 16.0. The first-order valence-corrected chi connectivity index (χ1v) is 9.60. The van der Waals surface area contributed by atoms with E-state index in [1.807, 2.05) is 18.2 Å². The van der Waals surface area contributed by atoms with Crippen LogP contribution >= 0.6 is 0 Å². The predicted octanol–water partition coefficient (Wildman–Crippen LogP) is 4.67. The van der Waals surface area contributed by atoms with Crippen LogP contribution in [-0.2, 0) is 6.42 Å². The van der Waals surface area contributed by atoms with Crippen molar-refractivity contribution in [3.05, 3.63) is 60.4 Å². The van der Waals surface area contributed by atoms with Gasteiger partial charge in [-0.05, 0) is 37.1 Å². The molecule has 9 heteroatoms. The molecule has 4 rings (SSSR count). The third-order valence-corrected chi connectivity index (χ3v) is 4.41. The van der Waals surface area contributed by atoms with Crippen molar-refractivity contribution in [3.63, 3.8) is 0 Å². The van der Waals surface area contributed by atoms with E-state index in [-0.39, 0.29) is 5.75 Å². The number of ether oxygens (including phenoxy) is 1. The smallest absolute Gasteiger partial charge is 0.406 e. The topological polar surface area (TPSA) is 72.0 Å². The molecule has 2 aromatic heterocycles. The van der Waals surface area contributed by atoms with E-state index in [2.05, 4.69) is 30.3 Å². The van der Waals surface area contributed by atoms with Crippen molar-refractivity contribution in [1.29, 1.82) is 0 Å². The molecule has 0 saturated heterocycles. The molecule has 0 atom stereocenters. The summed E-state index contributed by atoms with van der Waals surface area (Å²) in [5.74, 6) is 0.735. The van der Waals surface area contributed by atoms with E-state index in [1.54, 1.807) is 18.3 Å². The third-order valence-electron chi connectivity index (χ3n) is 4.41. The Balaban J connectivity index is 1.54. The first kappa shape index (κ1) is 19.9. The summed E-state index contributed by atoms with van der Waals surface area (Å²) in [5, 5.41) is 6.49. The average molecular weight is 415 g/mol. The number of pyridine rings is 1. The third kappa shape index (κ3) is 5.82. The summed E-state index contributed by atoms with van der Waals surface area (Å²) < 4.78 is 41.7. The Morgan fingerprint density at radius 1 is 1.03 bits per heavy atom. The van der Waals surface area contributed by atoms with Crippen LogP contribution in [0, 0.1) is 0 Å². The number of benzene rings is 1. The second-order valence-corrected chi connectivity index (χ2v) is 6.95. The van der Waals surface area contributed by atoms with Crippen molar-refractivity contribution in [3.8, 4) is 17.0 Å². The minimum atomic E-state index is -4.75. The molecule has 3 aromatic rings. The fourth-order valence-electron chi connectivity index (χ4n) is 2.88. The van der Waals surface area contributed by atoms with Gasteiger partial charge in [0, 0.05) is 42.5 Å². The zero-order chi connectivity index (χ0) is 21.0. The maximum atomic E-state index is 12.6. The normalized spacial score (nSPS) is 13.7. The lowest BCUT2D eigenvalue weighted by Gasteiger charge is -2.13. The fraction of sp³-hybridized carbons (Fsp3) is 0.286. The van der Waals surface area contributed by atoms with Gasteiger partial charge in [0.2, 0.25) is 5.95 Å². The molecule has 30 heavy (non-hydrogen) atoms. The van der Waals surface area contributed by atoms with Crippen LogP contribution in [0.2, 0.25) is 0 Å². The van der Waals surface area contributed by atoms with Crippen LogP contribution < -0.4 is 15.4 Å². The molecule has 1 aliphatic rings. The predicted molar refractivity (Wildman–Crippen MR) is 107 cm³/mol. The zero-order valence-corrected chi connectivity index (χ0v) is 16.0. The van der Waals surface area contributed by atoms with E-state index in [1.165, 1.54) is 18.2 Å². The lowest BCUT2D eigenvalue weighted by molar-refractivity contribution is -0.274. The minimum Gasteiger partial charge on any atom is -0.406 e. The Hall–Kier alpha value is -3.36. The van der Waals surface area contributed by atoms with E-state index in [0.29, 0.717) is 42.0 Å². The second-order valence-electron chi connectivity index (χ2n) is 6.95. The van der Waals surface area contributed by atoms with Crippen molar-refractivity contribution in [2.75, 3.05) is 17.2 Å². The van der Waals surface area contributed by atoms with Gasteiger partial charge in [0.05, 0.1) is 5.69 Å². The summed E-state index contributed by atoms with van der Waals surface area (Å²) in [5.41, 5.74) is 1.96. The van der Waals surface area contributed by atoms with Gasteiger partial charge in [0.15, 0.2) is 0 Å². The Morgan fingerprint density at radius 3 is 2.63 bits per heavy atom. The molecule has 156 valence electrons. The number of hydrogen-bond acceptors (Lipinski definition) is 6. The SMILES string of the molecule is FC(F)(F)Oc1cccc(-c2cc(NCCc3ccccn3)nc(NC3CC3)n2)c1. The standard InChI is InChI=1S/C21H20F3N5O/c22-21(23,24)30-17-6-3-4-14(12-17)18-13-19(29-20(28-18)27-16-7-8-16)26-11-9-15-5-1-2-10-25-15/h1-6,10,12-13,16H,7-9,11H2,(H2,26,27,28,29). The second kappa shape index (κ2) is 8.56. The molecule has 0 bridgehead atoms. The number of hydrogen-bond donors (Lipinski definition) is 2. The van der Waals surface area contributed by atoms with E-state index in [9.17, 15) is 13.2 Å². The highest BCUT2D eigenvalue weighted by atomic mass is 19.4. The lowest BCUT2D eigenvalue weighted by atomic mass is 10.1. The molecule has 0 aliphatic heterocycles. The van der Waals surface area contributed by atoms with Gasteiger partial charge in [0.25, 0.3) is 0 Å². The van der Waals surface area contributed by atoms with Gasteiger partial charge in [-0.25, -0.2) is 4.98 Å². The van der Waals surface area contributed by atoms with E-state index in [4.69, 9.17) is 0 Å². The monoisotopic (exact) mass is 415 g/mol. The number of aromatic nitrogens is 3. The Morgan fingerprint density at radius 2 is 1.90 bits per heavy atom. The molecule has 2 heterocycles. The average Bonchev–Trinajstić information content (AvgIpc) is 3.52. The molecule has 1 saturated carbocycles. The van der Waals surface area contributed by atoms with Crippen molar-refractivity contribution in [2.45, 2.75) is 31.7 Å². The number of anilines is 2. The minimum absolute atomic E-state index is 0.292. The first-order valence-electron chi connectivity index (χ1n) is 9.60. The number of alkyl halides is 3. The highest BCUT2D eigenvalue weighted by Crippen LogP contribution is 2.30. The Bertz CT molecular complexity index is 993. The number of rotatable bonds is 8. The van der Waals surface area contributed by atoms with E-state index in [0.717, 1.165) is 18.5 Å². The van der Waals surface area contributed by atoms with Crippen LogP contribution in [0.5, 0.6) is 5.75 Å². The van der Waals surface area contributed by atoms with Crippen molar-refractivity contribution in [2.24, 2.45) is 0 Å². The van der Waals surface area contributed by atoms with Crippen LogP contribution in [0.4, 0.5) is 24.9 Å². The molecule has 1 aromatic carbocycles. The maximum Gasteiger partial charge on any atom is 0.573 e. The van der Waals surface area contributed by atoms with Crippen LogP contribution in [0.15, 0.2) is 54.7 Å².